The molecule has 58 valence electrons. The molecule has 1 atom stereocenters. The Kier molecular flexibility index (Phi) is 4.54. The standard InChI is InChI=1S/C7H13NO2/c1-2-3-6(5-9)4-7(8)10/h5-6H,2-4H2,1H3,(H2,8,10)/t6-/m0/s1. The van der Waals surface area contributed by atoms with Crippen molar-refractivity contribution in [3.05, 3.63) is 0 Å². The Morgan fingerprint density at radius 3 is 2.60 bits per heavy atom. The predicted octanol–water partition coefficient (Wildman–Crippen LogP) is 0.477. The molecule has 10 heavy (non-hydrogen) atoms. The van der Waals surface area contributed by atoms with E-state index in [0.29, 0.717) is 0 Å². The van der Waals surface area contributed by atoms with Crippen molar-refractivity contribution in [2.24, 2.45) is 11.7 Å². The normalized spacial score (nSPS) is 12.5. The van der Waals surface area contributed by atoms with E-state index in [1.807, 2.05) is 6.92 Å². The fourth-order valence-corrected chi connectivity index (χ4v) is 0.847. The van der Waals surface area contributed by atoms with E-state index in [0.717, 1.165) is 19.1 Å². The molecular weight excluding hydrogens is 130 g/mol. The summed E-state index contributed by atoms with van der Waals surface area (Å²) in [5.41, 5.74) is 4.90. The SMILES string of the molecule is CCC[C@H](C=O)CC(N)=O. The van der Waals surface area contributed by atoms with E-state index in [4.69, 9.17) is 5.73 Å². The van der Waals surface area contributed by atoms with Crippen molar-refractivity contribution >= 4 is 12.2 Å². The molecule has 0 aromatic rings. The third-order valence-electron chi connectivity index (χ3n) is 1.32. The first kappa shape index (κ1) is 9.14. The van der Waals surface area contributed by atoms with Gasteiger partial charge in [0.2, 0.25) is 5.91 Å². The topological polar surface area (TPSA) is 60.2 Å². The summed E-state index contributed by atoms with van der Waals surface area (Å²) in [5, 5.41) is 0. The Morgan fingerprint density at radius 1 is 1.70 bits per heavy atom. The largest absolute Gasteiger partial charge is 0.370 e. The molecule has 2 N–H and O–H groups in total. The van der Waals surface area contributed by atoms with Gasteiger partial charge in [-0.2, -0.15) is 0 Å². The van der Waals surface area contributed by atoms with Crippen molar-refractivity contribution in [2.75, 3.05) is 0 Å². The Morgan fingerprint density at radius 2 is 2.30 bits per heavy atom. The lowest BCUT2D eigenvalue weighted by Crippen LogP contribution is -2.16. The summed E-state index contributed by atoms with van der Waals surface area (Å²) in [4.78, 5) is 20.5. The van der Waals surface area contributed by atoms with Gasteiger partial charge in [-0.3, -0.25) is 4.79 Å². The lowest BCUT2D eigenvalue weighted by molar-refractivity contribution is -0.122. The molecule has 0 aromatic carbocycles. The molecule has 0 fully saturated rings. The number of nitrogens with two attached hydrogens (primary N) is 1. The summed E-state index contributed by atoms with van der Waals surface area (Å²) >= 11 is 0. The number of hydrogen-bond acceptors (Lipinski definition) is 2. The second-order valence-corrected chi connectivity index (χ2v) is 2.36. The fraction of sp³-hybridized carbons (Fsp3) is 0.714. The van der Waals surface area contributed by atoms with Gasteiger partial charge in [0.25, 0.3) is 0 Å². The maximum absolute atomic E-state index is 10.3. The number of carbonyl (C=O) groups excluding carboxylic acids is 2. The van der Waals surface area contributed by atoms with Crippen LogP contribution in [0.15, 0.2) is 0 Å². The zero-order valence-electron chi connectivity index (χ0n) is 6.17. The molecule has 0 rings (SSSR count). The highest BCUT2D eigenvalue weighted by molar-refractivity contribution is 5.77. The number of hydrogen-bond donors (Lipinski definition) is 1. The van der Waals surface area contributed by atoms with E-state index in [1.165, 1.54) is 0 Å². The van der Waals surface area contributed by atoms with Crippen LogP contribution in [0.2, 0.25) is 0 Å². The Bertz CT molecular complexity index is 123. The molecule has 0 spiro atoms. The van der Waals surface area contributed by atoms with Crippen molar-refractivity contribution in [2.45, 2.75) is 26.2 Å². The molecule has 0 aliphatic heterocycles. The van der Waals surface area contributed by atoms with Crippen molar-refractivity contribution < 1.29 is 9.59 Å². The van der Waals surface area contributed by atoms with Crippen molar-refractivity contribution in [1.29, 1.82) is 0 Å². The van der Waals surface area contributed by atoms with E-state index in [2.05, 4.69) is 0 Å². The summed E-state index contributed by atoms with van der Waals surface area (Å²) in [6.07, 6.45) is 2.66. The number of aldehydes is 1. The van der Waals surface area contributed by atoms with Gasteiger partial charge in [0, 0.05) is 12.3 Å². The van der Waals surface area contributed by atoms with Gasteiger partial charge in [0.15, 0.2) is 0 Å². The molecule has 0 bridgehead atoms. The predicted molar refractivity (Wildman–Crippen MR) is 38.3 cm³/mol. The van der Waals surface area contributed by atoms with Crippen molar-refractivity contribution in [3.63, 3.8) is 0 Å². The second-order valence-electron chi connectivity index (χ2n) is 2.36. The average molecular weight is 143 g/mol. The van der Waals surface area contributed by atoms with Crippen LogP contribution < -0.4 is 5.73 Å². The summed E-state index contributed by atoms with van der Waals surface area (Å²) in [5.74, 6) is -0.562. The average Bonchev–Trinajstić information content (AvgIpc) is 1.86. The van der Waals surface area contributed by atoms with Crippen LogP contribution in [0.4, 0.5) is 0 Å². The van der Waals surface area contributed by atoms with Crippen LogP contribution in [-0.4, -0.2) is 12.2 Å². The highest BCUT2D eigenvalue weighted by Gasteiger charge is 2.08. The van der Waals surface area contributed by atoms with Crippen molar-refractivity contribution in [1.82, 2.24) is 0 Å². The van der Waals surface area contributed by atoms with Gasteiger partial charge in [0.05, 0.1) is 0 Å². The molecule has 0 aliphatic rings. The molecule has 3 heteroatoms. The van der Waals surface area contributed by atoms with Gasteiger partial charge in [-0.05, 0) is 6.42 Å². The minimum atomic E-state index is -0.398. The van der Waals surface area contributed by atoms with Gasteiger partial charge in [0.1, 0.15) is 6.29 Å². The Balaban J connectivity index is 3.59. The molecule has 0 saturated heterocycles. The summed E-state index contributed by atoms with van der Waals surface area (Å²) in [7, 11) is 0. The molecule has 0 heterocycles. The zero-order chi connectivity index (χ0) is 7.98. The molecular formula is C7H13NO2. The van der Waals surface area contributed by atoms with E-state index in [-0.39, 0.29) is 12.3 Å². The molecule has 0 radical (unpaired) electrons. The van der Waals surface area contributed by atoms with Crippen LogP contribution in [0.25, 0.3) is 0 Å². The van der Waals surface area contributed by atoms with Gasteiger partial charge in [-0.1, -0.05) is 13.3 Å². The van der Waals surface area contributed by atoms with E-state index in [9.17, 15) is 9.59 Å². The zero-order valence-corrected chi connectivity index (χ0v) is 6.17. The first-order chi connectivity index (χ1) is 4.70. The lowest BCUT2D eigenvalue weighted by Gasteiger charge is -2.03. The van der Waals surface area contributed by atoms with Crippen LogP contribution in [0.5, 0.6) is 0 Å². The maximum Gasteiger partial charge on any atom is 0.218 e. The van der Waals surface area contributed by atoms with Crippen molar-refractivity contribution in [3.8, 4) is 0 Å². The van der Waals surface area contributed by atoms with Gasteiger partial charge in [-0.15, -0.1) is 0 Å². The molecule has 0 aromatic heterocycles. The maximum atomic E-state index is 10.3. The van der Waals surface area contributed by atoms with Gasteiger partial charge in [-0.25, -0.2) is 0 Å². The summed E-state index contributed by atoms with van der Waals surface area (Å²) in [6.45, 7) is 1.97. The smallest absolute Gasteiger partial charge is 0.218 e. The van der Waals surface area contributed by atoms with E-state index < -0.39 is 5.91 Å². The fourth-order valence-electron chi connectivity index (χ4n) is 0.847. The molecule has 0 saturated carbocycles. The quantitative estimate of drug-likeness (QED) is 0.569. The van der Waals surface area contributed by atoms with Gasteiger partial charge >= 0.3 is 0 Å². The number of amides is 1. The number of primary amides is 1. The van der Waals surface area contributed by atoms with Crippen LogP contribution in [0.1, 0.15) is 26.2 Å². The first-order valence-corrected chi connectivity index (χ1v) is 3.44. The third kappa shape index (κ3) is 4.06. The Labute approximate surface area is 60.6 Å². The minimum absolute atomic E-state index is 0.164. The third-order valence-corrected chi connectivity index (χ3v) is 1.32. The highest BCUT2D eigenvalue weighted by Crippen LogP contribution is 2.06. The van der Waals surface area contributed by atoms with E-state index >= 15 is 0 Å². The molecule has 3 nitrogen and oxygen atoms in total. The molecule has 0 unspecified atom stereocenters. The van der Waals surface area contributed by atoms with Crippen LogP contribution in [0, 0.1) is 5.92 Å². The van der Waals surface area contributed by atoms with Gasteiger partial charge < -0.3 is 10.5 Å². The molecule has 0 aliphatic carbocycles. The highest BCUT2D eigenvalue weighted by atomic mass is 16.1. The molecule has 1 amide bonds. The van der Waals surface area contributed by atoms with Crippen LogP contribution >= 0.6 is 0 Å². The Hall–Kier alpha value is -0.860. The van der Waals surface area contributed by atoms with Crippen LogP contribution in [0.3, 0.4) is 0 Å². The number of carbonyl (C=O) groups is 2. The number of rotatable bonds is 5. The summed E-state index contributed by atoms with van der Waals surface area (Å²) in [6, 6.07) is 0. The van der Waals surface area contributed by atoms with Crippen LogP contribution in [-0.2, 0) is 9.59 Å². The first-order valence-electron chi connectivity index (χ1n) is 3.44. The summed E-state index contributed by atoms with van der Waals surface area (Å²) < 4.78 is 0. The second kappa shape index (κ2) is 4.97. The monoisotopic (exact) mass is 143 g/mol. The minimum Gasteiger partial charge on any atom is -0.370 e. The van der Waals surface area contributed by atoms with E-state index in [1.54, 1.807) is 0 Å². The lowest BCUT2D eigenvalue weighted by atomic mass is 10.0.